The van der Waals surface area contributed by atoms with Crippen LogP contribution >= 0.6 is 11.6 Å². The summed E-state index contributed by atoms with van der Waals surface area (Å²) in [5.41, 5.74) is 0.839. The Morgan fingerprint density at radius 1 is 1.44 bits per heavy atom. The lowest BCUT2D eigenvalue weighted by atomic mass is 9.97. The van der Waals surface area contributed by atoms with Crippen LogP contribution in [0.3, 0.4) is 0 Å². The van der Waals surface area contributed by atoms with E-state index in [2.05, 4.69) is 15.2 Å². The van der Waals surface area contributed by atoms with E-state index in [0.29, 0.717) is 6.04 Å². The molecule has 5 heteroatoms. The maximum Gasteiger partial charge on any atom is 0.164 e. The van der Waals surface area contributed by atoms with Crippen LogP contribution in [0.2, 0.25) is 5.15 Å². The van der Waals surface area contributed by atoms with E-state index < -0.39 is 5.82 Å². The van der Waals surface area contributed by atoms with Crippen molar-refractivity contribution in [3.8, 4) is 0 Å². The number of fused-ring (bicyclic) bond motifs is 1. The predicted octanol–water partition coefficient (Wildman–Crippen LogP) is 2.45. The van der Waals surface area contributed by atoms with Gasteiger partial charge in [-0.25, -0.2) is 9.37 Å². The molecule has 0 spiro atoms. The molecule has 0 aromatic carbocycles. The normalized spacial score (nSPS) is 28.0. The molecule has 2 saturated heterocycles. The van der Waals surface area contributed by atoms with Gasteiger partial charge in [-0.15, -0.1) is 0 Å². The molecule has 1 N–H and O–H groups in total. The Balaban J connectivity index is 1.80. The quantitative estimate of drug-likeness (QED) is 0.794. The zero-order chi connectivity index (χ0) is 12.5. The molecular weight excluding hydrogens is 253 g/mol. The Hall–Kier alpha value is -0.870. The monoisotopic (exact) mass is 269 g/mol. The van der Waals surface area contributed by atoms with Crippen LogP contribution in [0.25, 0.3) is 0 Å². The number of nitrogens with one attached hydrogen (secondary N) is 1. The van der Waals surface area contributed by atoms with Gasteiger partial charge in [-0.05, 0) is 31.7 Å². The van der Waals surface area contributed by atoms with Crippen LogP contribution in [0, 0.1) is 11.7 Å². The van der Waals surface area contributed by atoms with Gasteiger partial charge < -0.3 is 10.2 Å². The lowest BCUT2D eigenvalue weighted by Crippen LogP contribution is -2.38. The molecule has 1 aromatic heterocycles. The van der Waals surface area contributed by atoms with Crippen LogP contribution in [-0.4, -0.2) is 30.7 Å². The number of anilines is 1. The Morgan fingerprint density at radius 3 is 3.17 bits per heavy atom. The van der Waals surface area contributed by atoms with Crippen LogP contribution in [0.4, 0.5) is 10.1 Å². The fourth-order valence-corrected chi connectivity index (χ4v) is 3.18. The number of nitrogens with zero attached hydrogens (tertiary/aromatic N) is 2. The molecule has 98 valence electrons. The first-order valence-corrected chi connectivity index (χ1v) is 6.91. The Bertz CT molecular complexity index is 440. The first-order valence-electron chi connectivity index (χ1n) is 6.53. The van der Waals surface area contributed by atoms with Crippen molar-refractivity contribution in [3.05, 3.63) is 23.2 Å². The second kappa shape index (κ2) is 5.02. The summed E-state index contributed by atoms with van der Waals surface area (Å²) in [6, 6.07) is 2.02. The van der Waals surface area contributed by atoms with Crippen molar-refractivity contribution in [2.75, 3.05) is 24.5 Å². The molecule has 2 fully saturated rings. The summed E-state index contributed by atoms with van der Waals surface area (Å²) in [4.78, 5) is 6.12. The smallest absolute Gasteiger partial charge is 0.164 e. The summed E-state index contributed by atoms with van der Waals surface area (Å²) < 4.78 is 13.5. The third kappa shape index (κ3) is 2.31. The molecular formula is C13H17ClFN3. The van der Waals surface area contributed by atoms with Crippen molar-refractivity contribution >= 4 is 17.3 Å². The molecule has 0 bridgehead atoms. The molecule has 0 aliphatic carbocycles. The third-order valence-corrected chi connectivity index (χ3v) is 4.34. The van der Waals surface area contributed by atoms with Crippen molar-refractivity contribution in [2.45, 2.75) is 25.3 Å². The van der Waals surface area contributed by atoms with Gasteiger partial charge in [-0.1, -0.05) is 11.6 Å². The summed E-state index contributed by atoms with van der Waals surface area (Å²) in [6.45, 7) is 3.02. The van der Waals surface area contributed by atoms with Gasteiger partial charge in [-0.3, -0.25) is 0 Å². The number of aromatic nitrogens is 1. The maximum atomic E-state index is 13.5. The maximum absolute atomic E-state index is 13.5. The molecule has 0 radical (unpaired) electrons. The molecule has 3 rings (SSSR count). The Labute approximate surface area is 111 Å². The molecule has 2 aliphatic heterocycles. The first-order chi connectivity index (χ1) is 8.74. The minimum atomic E-state index is -0.436. The third-order valence-electron chi connectivity index (χ3n) is 4.06. The highest BCUT2D eigenvalue weighted by molar-refractivity contribution is 6.29. The molecule has 1 aromatic rings. The Morgan fingerprint density at radius 2 is 2.33 bits per heavy atom. The summed E-state index contributed by atoms with van der Waals surface area (Å²) in [6.07, 6.45) is 5.36. The summed E-state index contributed by atoms with van der Waals surface area (Å²) in [5, 5.41) is 3.49. The molecule has 0 saturated carbocycles. The molecule has 0 amide bonds. The topological polar surface area (TPSA) is 28.2 Å². The number of halogens is 2. The van der Waals surface area contributed by atoms with Gasteiger partial charge in [0, 0.05) is 25.2 Å². The van der Waals surface area contributed by atoms with E-state index in [-0.39, 0.29) is 5.15 Å². The average molecular weight is 270 g/mol. The van der Waals surface area contributed by atoms with Crippen molar-refractivity contribution in [3.63, 3.8) is 0 Å². The highest BCUT2D eigenvalue weighted by Gasteiger charge is 2.30. The van der Waals surface area contributed by atoms with Crippen LogP contribution in [-0.2, 0) is 0 Å². The molecule has 3 nitrogen and oxygen atoms in total. The van der Waals surface area contributed by atoms with Crippen molar-refractivity contribution in [2.24, 2.45) is 5.92 Å². The second-order valence-electron chi connectivity index (χ2n) is 5.16. The number of rotatable bonds is 1. The van der Waals surface area contributed by atoms with Gasteiger partial charge in [0.15, 0.2) is 11.0 Å². The average Bonchev–Trinajstić information content (AvgIpc) is 2.70. The summed E-state index contributed by atoms with van der Waals surface area (Å²) >= 11 is 5.62. The van der Waals surface area contributed by atoms with Crippen LogP contribution in [0.15, 0.2) is 12.3 Å². The molecule has 0 unspecified atom stereocenters. The van der Waals surface area contributed by atoms with Crippen molar-refractivity contribution < 1.29 is 4.39 Å². The van der Waals surface area contributed by atoms with E-state index in [1.54, 1.807) is 6.20 Å². The van der Waals surface area contributed by atoms with E-state index in [4.69, 9.17) is 11.6 Å². The van der Waals surface area contributed by atoms with E-state index in [1.165, 1.54) is 18.9 Å². The van der Waals surface area contributed by atoms with Crippen LogP contribution in [0.5, 0.6) is 0 Å². The standard InChI is InChI=1S/C13H17ClFN3/c14-13-11(15)6-10(7-17-13)18-5-1-2-9-3-4-16-12(9)8-18/h6-7,9,12,16H,1-5,8H2/t9-,12-/m1/s1. The molecule has 3 heterocycles. The van der Waals surface area contributed by atoms with E-state index in [1.807, 2.05) is 0 Å². The zero-order valence-electron chi connectivity index (χ0n) is 10.2. The van der Waals surface area contributed by atoms with E-state index in [9.17, 15) is 4.39 Å². The van der Waals surface area contributed by atoms with E-state index >= 15 is 0 Å². The first kappa shape index (κ1) is 12.2. The minimum Gasteiger partial charge on any atom is -0.369 e. The zero-order valence-corrected chi connectivity index (χ0v) is 11.0. The Kier molecular flexibility index (Phi) is 3.39. The summed E-state index contributed by atoms with van der Waals surface area (Å²) in [5.74, 6) is 0.342. The molecule has 2 aliphatic rings. The van der Waals surface area contributed by atoms with Gasteiger partial charge in [0.1, 0.15) is 0 Å². The lowest BCUT2D eigenvalue weighted by Gasteiger charge is -2.26. The van der Waals surface area contributed by atoms with Gasteiger partial charge in [0.2, 0.25) is 0 Å². The SMILES string of the molecule is Fc1cc(N2CCC[C@@H]3CCN[C@@H]3C2)cnc1Cl. The fraction of sp³-hybridized carbons (Fsp3) is 0.615. The van der Waals surface area contributed by atoms with Crippen molar-refractivity contribution in [1.29, 1.82) is 0 Å². The highest BCUT2D eigenvalue weighted by atomic mass is 35.5. The second-order valence-corrected chi connectivity index (χ2v) is 5.52. The number of hydrogen-bond donors (Lipinski definition) is 1. The van der Waals surface area contributed by atoms with E-state index in [0.717, 1.165) is 37.7 Å². The van der Waals surface area contributed by atoms with Crippen LogP contribution < -0.4 is 10.2 Å². The largest absolute Gasteiger partial charge is 0.369 e. The lowest BCUT2D eigenvalue weighted by molar-refractivity contribution is 0.445. The van der Waals surface area contributed by atoms with Gasteiger partial charge >= 0.3 is 0 Å². The minimum absolute atomic E-state index is 0.0505. The van der Waals surface area contributed by atoms with Gasteiger partial charge in [-0.2, -0.15) is 0 Å². The fourth-order valence-electron chi connectivity index (χ4n) is 3.07. The van der Waals surface area contributed by atoms with Crippen molar-refractivity contribution in [1.82, 2.24) is 10.3 Å². The van der Waals surface area contributed by atoms with Gasteiger partial charge in [0.05, 0.1) is 11.9 Å². The summed E-state index contributed by atoms with van der Waals surface area (Å²) in [7, 11) is 0. The predicted molar refractivity (Wildman–Crippen MR) is 70.5 cm³/mol. The van der Waals surface area contributed by atoms with Crippen LogP contribution in [0.1, 0.15) is 19.3 Å². The molecule has 18 heavy (non-hydrogen) atoms. The molecule has 2 atom stereocenters. The number of pyridine rings is 1. The highest BCUT2D eigenvalue weighted by Crippen LogP contribution is 2.28. The number of hydrogen-bond acceptors (Lipinski definition) is 3. The van der Waals surface area contributed by atoms with Gasteiger partial charge in [0.25, 0.3) is 0 Å².